The molecule has 3 rings (SSSR count). The van der Waals surface area contributed by atoms with Crippen LogP contribution < -0.4 is 14.8 Å². The van der Waals surface area contributed by atoms with Crippen LogP contribution in [0, 0.1) is 0 Å². The number of rotatable bonds is 9. The Bertz CT molecular complexity index is 591. The van der Waals surface area contributed by atoms with Gasteiger partial charge in [-0.2, -0.15) is 0 Å². The lowest BCUT2D eigenvalue weighted by Crippen LogP contribution is -2.39. The topological polar surface area (TPSA) is 73.3 Å². The Morgan fingerprint density at radius 3 is 2.63 bits per heavy atom. The van der Waals surface area contributed by atoms with Gasteiger partial charge in [-0.05, 0) is 44.9 Å². The summed E-state index contributed by atoms with van der Waals surface area (Å²) in [7, 11) is 5.57. The lowest BCUT2D eigenvalue weighted by atomic mass is 9.93. The SMILES string of the molecule is COc1nccnc1OC1CCC(NC(=O)CCCCC2CCSS2)CC1. The number of amides is 1. The van der Waals surface area contributed by atoms with Crippen molar-refractivity contribution in [1.29, 1.82) is 0 Å². The zero-order chi connectivity index (χ0) is 18.9. The van der Waals surface area contributed by atoms with Gasteiger partial charge in [0.25, 0.3) is 11.8 Å². The van der Waals surface area contributed by atoms with Crippen molar-refractivity contribution in [2.24, 2.45) is 0 Å². The molecule has 1 aliphatic carbocycles. The van der Waals surface area contributed by atoms with Crippen LogP contribution >= 0.6 is 21.6 Å². The van der Waals surface area contributed by atoms with Crippen molar-refractivity contribution in [2.75, 3.05) is 12.9 Å². The number of ether oxygens (including phenoxy) is 2. The van der Waals surface area contributed by atoms with Gasteiger partial charge in [0.05, 0.1) is 7.11 Å². The highest BCUT2D eigenvalue weighted by Crippen LogP contribution is 2.39. The van der Waals surface area contributed by atoms with Crippen molar-refractivity contribution in [3.63, 3.8) is 0 Å². The molecule has 1 atom stereocenters. The first-order valence-corrected chi connectivity index (χ1v) is 12.2. The summed E-state index contributed by atoms with van der Waals surface area (Å²) in [6, 6.07) is 0.267. The Balaban J connectivity index is 1.30. The van der Waals surface area contributed by atoms with E-state index in [2.05, 4.69) is 15.3 Å². The average Bonchev–Trinajstić information content (AvgIpc) is 3.21. The summed E-state index contributed by atoms with van der Waals surface area (Å²) in [5.41, 5.74) is 0. The number of carbonyl (C=O) groups excluding carboxylic acids is 1. The van der Waals surface area contributed by atoms with Gasteiger partial charge >= 0.3 is 0 Å². The van der Waals surface area contributed by atoms with Gasteiger partial charge in [-0.15, -0.1) is 0 Å². The Morgan fingerprint density at radius 1 is 1.15 bits per heavy atom. The predicted octanol–water partition coefficient (Wildman–Crippen LogP) is 4.01. The molecule has 1 aliphatic heterocycles. The molecule has 1 amide bonds. The van der Waals surface area contributed by atoms with Crippen LogP contribution in [0.2, 0.25) is 0 Å². The number of aromatic nitrogens is 2. The van der Waals surface area contributed by atoms with E-state index in [4.69, 9.17) is 9.47 Å². The number of carbonyl (C=O) groups is 1. The Hall–Kier alpha value is -1.15. The van der Waals surface area contributed by atoms with E-state index in [1.54, 1.807) is 19.5 Å². The maximum atomic E-state index is 12.2. The van der Waals surface area contributed by atoms with Gasteiger partial charge in [-0.3, -0.25) is 4.79 Å². The summed E-state index contributed by atoms with van der Waals surface area (Å²) in [6.45, 7) is 0. The minimum Gasteiger partial charge on any atom is -0.477 e. The molecule has 2 aliphatic rings. The number of hydrogen-bond donors (Lipinski definition) is 1. The van der Waals surface area contributed by atoms with Crippen molar-refractivity contribution in [1.82, 2.24) is 15.3 Å². The van der Waals surface area contributed by atoms with Crippen molar-refractivity contribution < 1.29 is 14.3 Å². The summed E-state index contributed by atoms with van der Waals surface area (Å²) in [5.74, 6) is 2.35. The van der Waals surface area contributed by atoms with Gasteiger partial charge in [0.2, 0.25) is 5.91 Å². The smallest absolute Gasteiger partial charge is 0.278 e. The largest absolute Gasteiger partial charge is 0.477 e. The Labute approximate surface area is 169 Å². The highest BCUT2D eigenvalue weighted by atomic mass is 33.1. The highest BCUT2D eigenvalue weighted by molar-refractivity contribution is 8.77. The fourth-order valence-corrected chi connectivity index (χ4v) is 6.57. The van der Waals surface area contributed by atoms with E-state index in [9.17, 15) is 4.79 Å². The molecule has 0 bridgehead atoms. The standard InChI is InChI=1S/C19H29N3O3S2/c1-24-18-19(21-12-11-20-18)25-15-8-6-14(7-9-15)22-17(23)5-3-2-4-16-10-13-26-27-16/h11-12,14-16H,2-10,13H2,1H3,(H,22,23). The van der Waals surface area contributed by atoms with Gasteiger partial charge in [0.15, 0.2) is 0 Å². The van der Waals surface area contributed by atoms with E-state index in [0.717, 1.165) is 43.8 Å². The van der Waals surface area contributed by atoms with E-state index >= 15 is 0 Å². The maximum Gasteiger partial charge on any atom is 0.278 e. The average molecular weight is 412 g/mol. The minimum atomic E-state index is 0.102. The fourth-order valence-electron chi connectivity index (χ4n) is 3.54. The molecule has 1 aromatic heterocycles. The van der Waals surface area contributed by atoms with E-state index in [1.807, 2.05) is 21.6 Å². The number of nitrogens with zero attached hydrogens (tertiary/aromatic N) is 2. The third kappa shape index (κ3) is 6.75. The molecular weight excluding hydrogens is 382 g/mol. The van der Waals surface area contributed by atoms with E-state index < -0.39 is 0 Å². The number of nitrogens with one attached hydrogen (secondary N) is 1. The van der Waals surface area contributed by atoms with Crippen LogP contribution in [0.5, 0.6) is 11.8 Å². The van der Waals surface area contributed by atoms with Gasteiger partial charge in [-0.1, -0.05) is 28.0 Å². The maximum absolute atomic E-state index is 12.2. The molecule has 0 radical (unpaired) electrons. The zero-order valence-electron chi connectivity index (χ0n) is 15.9. The molecule has 2 heterocycles. The molecular formula is C19H29N3O3S2. The summed E-state index contributed by atoms with van der Waals surface area (Å²) < 4.78 is 11.1. The number of methoxy groups -OCH3 is 1. The molecule has 1 unspecified atom stereocenters. The summed E-state index contributed by atoms with van der Waals surface area (Å²) in [4.78, 5) is 20.5. The summed E-state index contributed by atoms with van der Waals surface area (Å²) in [6.07, 6.45) is 12.4. The van der Waals surface area contributed by atoms with E-state index in [0.29, 0.717) is 18.2 Å². The summed E-state index contributed by atoms with van der Waals surface area (Å²) in [5, 5.41) is 4.00. The molecule has 8 heteroatoms. The Morgan fingerprint density at radius 2 is 1.93 bits per heavy atom. The molecule has 0 aromatic carbocycles. The first kappa shape index (κ1) is 20.6. The fraction of sp³-hybridized carbons (Fsp3) is 0.737. The predicted molar refractivity (Wildman–Crippen MR) is 110 cm³/mol. The third-order valence-electron chi connectivity index (χ3n) is 5.05. The number of hydrogen-bond acceptors (Lipinski definition) is 7. The van der Waals surface area contributed by atoms with E-state index in [1.165, 1.54) is 18.6 Å². The van der Waals surface area contributed by atoms with Crippen LogP contribution in [0.4, 0.5) is 0 Å². The van der Waals surface area contributed by atoms with Gasteiger partial charge in [0.1, 0.15) is 6.10 Å². The van der Waals surface area contributed by atoms with Crippen molar-refractivity contribution >= 4 is 27.5 Å². The lowest BCUT2D eigenvalue weighted by molar-refractivity contribution is -0.122. The molecule has 2 fully saturated rings. The second kappa shape index (κ2) is 11.0. The van der Waals surface area contributed by atoms with Crippen molar-refractivity contribution in [3.8, 4) is 11.8 Å². The van der Waals surface area contributed by atoms with Crippen LogP contribution in [0.25, 0.3) is 0 Å². The first-order valence-electron chi connectivity index (χ1n) is 9.84. The van der Waals surface area contributed by atoms with Crippen LogP contribution in [0.15, 0.2) is 12.4 Å². The number of unbranched alkanes of at least 4 members (excludes halogenated alkanes) is 1. The molecule has 1 saturated heterocycles. The van der Waals surface area contributed by atoms with Crippen molar-refractivity contribution in [3.05, 3.63) is 12.4 Å². The molecule has 0 spiro atoms. The Kier molecular flexibility index (Phi) is 8.38. The first-order chi connectivity index (χ1) is 13.2. The van der Waals surface area contributed by atoms with Crippen molar-refractivity contribution in [2.45, 2.75) is 75.2 Å². The summed E-state index contributed by atoms with van der Waals surface area (Å²) >= 11 is 0. The second-order valence-electron chi connectivity index (χ2n) is 7.10. The highest BCUT2D eigenvalue weighted by Gasteiger charge is 2.25. The molecule has 150 valence electrons. The lowest BCUT2D eigenvalue weighted by Gasteiger charge is -2.29. The van der Waals surface area contributed by atoms with Crippen LogP contribution in [-0.4, -0.2) is 46.1 Å². The van der Waals surface area contributed by atoms with Gasteiger partial charge in [-0.25, -0.2) is 9.97 Å². The third-order valence-corrected chi connectivity index (χ3v) is 8.06. The minimum absolute atomic E-state index is 0.102. The molecule has 1 N–H and O–H groups in total. The second-order valence-corrected chi connectivity index (χ2v) is 9.89. The van der Waals surface area contributed by atoms with Crippen LogP contribution in [0.1, 0.15) is 57.8 Å². The van der Waals surface area contributed by atoms with Crippen LogP contribution in [0.3, 0.4) is 0 Å². The molecule has 1 aromatic rings. The molecule has 1 saturated carbocycles. The van der Waals surface area contributed by atoms with Gasteiger partial charge in [0, 0.05) is 35.9 Å². The monoisotopic (exact) mass is 411 g/mol. The van der Waals surface area contributed by atoms with Crippen LogP contribution in [-0.2, 0) is 4.79 Å². The quantitative estimate of drug-likeness (QED) is 0.486. The molecule has 27 heavy (non-hydrogen) atoms. The van der Waals surface area contributed by atoms with Gasteiger partial charge < -0.3 is 14.8 Å². The van der Waals surface area contributed by atoms with E-state index in [-0.39, 0.29) is 18.1 Å². The molecule has 6 nitrogen and oxygen atoms in total. The normalized spacial score (nSPS) is 25.1. The zero-order valence-corrected chi connectivity index (χ0v) is 17.5.